The van der Waals surface area contributed by atoms with Crippen LogP contribution in [0.25, 0.3) is 0 Å². The van der Waals surface area contributed by atoms with Crippen molar-refractivity contribution in [3.05, 3.63) is 141 Å². The van der Waals surface area contributed by atoms with E-state index in [0.29, 0.717) is 0 Å². The lowest BCUT2D eigenvalue weighted by molar-refractivity contribution is 0.413. The van der Waals surface area contributed by atoms with Gasteiger partial charge in [-0.25, -0.2) is 0 Å². The van der Waals surface area contributed by atoms with E-state index >= 15 is 0 Å². The SMILES string of the molecule is COc1cccc(SC(=CC(Sc2cccc(OC)c2)=C(Sc2cccc(OC)c2)Sc2cccc(OC)c2)Sc2cccc(OC)c2)c1. The average molecular weight is 745 g/mol. The van der Waals surface area contributed by atoms with Crippen molar-refractivity contribution in [1.29, 1.82) is 0 Å². The van der Waals surface area contributed by atoms with Crippen LogP contribution in [0.15, 0.2) is 165 Å². The minimum atomic E-state index is 0.799. The topological polar surface area (TPSA) is 46.2 Å². The normalized spacial score (nSPS) is 10.6. The number of ether oxygens (including phenoxy) is 5. The van der Waals surface area contributed by atoms with Crippen LogP contribution in [-0.2, 0) is 0 Å². The Morgan fingerprint density at radius 2 is 0.673 bits per heavy atom. The van der Waals surface area contributed by atoms with E-state index in [1.165, 1.54) is 0 Å². The van der Waals surface area contributed by atoms with Gasteiger partial charge in [0, 0.05) is 29.4 Å². The van der Waals surface area contributed by atoms with Crippen LogP contribution >= 0.6 is 58.8 Å². The van der Waals surface area contributed by atoms with E-state index in [1.54, 1.807) is 94.4 Å². The standard InChI is InChI=1S/C39H36O5S5/c1-40-27-11-6-16-32(21-27)45-37(39(48-35-19-9-14-30(24-35)43-4)49-36-20-10-15-31(25-36)44-5)26-38(46-33-17-7-12-28(22-33)41-2)47-34-18-8-13-29(23-34)42-3/h6-26H,1-5H3. The van der Waals surface area contributed by atoms with E-state index in [0.717, 1.165) is 66.6 Å². The fourth-order valence-corrected chi connectivity index (χ4v) is 10.2. The van der Waals surface area contributed by atoms with Crippen molar-refractivity contribution in [2.75, 3.05) is 35.5 Å². The number of hydrogen-bond acceptors (Lipinski definition) is 10. The van der Waals surface area contributed by atoms with Crippen molar-refractivity contribution in [1.82, 2.24) is 0 Å². The molecule has 0 aromatic heterocycles. The molecule has 5 aromatic rings. The third-order valence-corrected chi connectivity index (χ3v) is 12.4. The Hall–Kier alpha value is -3.67. The Morgan fingerprint density at radius 1 is 0.388 bits per heavy atom. The Morgan fingerprint density at radius 3 is 0.980 bits per heavy atom. The molecule has 10 heteroatoms. The summed E-state index contributed by atoms with van der Waals surface area (Å²) in [6.07, 6.45) is 2.27. The van der Waals surface area contributed by atoms with Crippen LogP contribution in [0.4, 0.5) is 0 Å². The summed E-state index contributed by atoms with van der Waals surface area (Å²) in [5.74, 6) is 4.01. The predicted octanol–water partition coefficient (Wildman–Crippen LogP) is 12.0. The number of benzene rings is 5. The van der Waals surface area contributed by atoms with Gasteiger partial charge in [-0.15, -0.1) is 0 Å². The molecule has 0 amide bonds. The van der Waals surface area contributed by atoms with Crippen molar-refractivity contribution >= 4 is 58.8 Å². The van der Waals surface area contributed by atoms with Gasteiger partial charge >= 0.3 is 0 Å². The second-order valence-corrected chi connectivity index (χ2v) is 16.1. The summed E-state index contributed by atoms with van der Waals surface area (Å²) in [7, 11) is 8.45. The van der Waals surface area contributed by atoms with Gasteiger partial charge in [0.2, 0.25) is 0 Å². The van der Waals surface area contributed by atoms with E-state index in [9.17, 15) is 0 Å². The monoisotopic (exact) mass is 744 g/mol. The number of hydrogen-bond donors (Lipinski definition) is 0. The predicted molar refractivity (Wildman–Crippen MR) is 209 cm³/mol. The molecule has 5 aromatic carbocycles. The first-order valence-corrected chi connectivity index (χ1v) is 19.1. The van der Waals surface area contributed by atoms with Crippen molar-refractivity contribution in [2.45, 2.75) is 24.5 Å². The number of thioether (sulfide) groups is 5. The van der Waals surface area contributed by atoms with Crippen LogP contribution in [0, 0.1) is 0 Å². The van der Waals surface area contributed by atoms with Gasteiger partial charge in [0.15, 0.2) is 0 Å². The maximum absolute atomic E-state index is 5.61. The Bertz CT molecular complexity index is 1810. The van der Waals surface area contributed by atoms with Crippen molar-refractivity contribution in [2.24, 2.45) is 0 Å². The summed E-state index contributed by atoms with van der Waals surface area (Å²) >= 11 is 8.46. The molecule has 0 aliphatic heterocycles. The zero-order valence-corrected chi connectivity index (χ0v) is 31.8. The first-order chi connectivity index (χ1) is 24.0. The highest BCUT2D eigenvalue weighted by Crippen LogP contribution is 2.50. The van der Waals surface area contributed by atoms with Crippen LogP contribution in [-0.4, -0.2) is 35.5 Å². The van der Waals surface area contributed by atoms with Crippen LogP contribution in [0.2, 0.25) is 0 Å². The van der Waals surface area contributed by atoms with Gasteiger partial charge in [-0.1, -0.05) is 89.1 Å². The summed E-state index contributed by atoms with van der Waals surface area (Å²) in [4.78, 5) is 6.37. The van der Waals surface area contributed by atoms with Gasteiger partial charge in [0.05, 0.1) is 44.0 Å². The third-order valence-electron chi connectivity index (χ3n) is 6.74. The van der Waals surface area contributed by atoms with Crippen molar-refractivity contribution in [3.63, 3.8) is 0 Å². The minimum Gasteiger partial charge on any atom is -0.497 e. The average Bonchev–Trinajstić information content (AvgIpc) is 3.14. The number of allylic oxidation sites excluding steroid dienone is 1. The molecular formula is C39H36O5S5. The van der Waals surface area contributed by atoms with E-state index < -0.39 is 0 Å². The second kappa shape index (κ2) is 18.9. The molecule has 49 heavy (non-hydrogen) atoms. The Balaban J connectivity index is 1.70. The van der Waals surface area contributed by atoms with Gasteiger partial charge in [0.25, 0.3) is 0 Å². The zero-order valence-electron chi connectivity index (χ0n) is 27.7. The maximum Gasteiger partial charge on any atom is 0.119 e. The van der Waals surface area contributed by atoms with E-state index in [2.05, 4.69) is 66.7 Å². The van der Waals surface area contributed by atoms with Crippen LogP contribution in [0.1, 0.15) is 0 Å². The lowest BCUT2D eigenvalue weighted by atomic mass is 10.3. The maximum atomic E-state index is 5.61. The molecule has 0 saturated heterocycles. The van der Waals surface area contributed by atoms with Crippen LogP contribution in [0.3, 0.4) is 0 Å². The van der Waals surface area contributed by atoms with Gasteiger partial charge < -0.3 is 23.7 Å². The Kier molecular flexibility index (Phi) is 14.1. The molecule has 0 radical (unpaired) electrons. The van der Waals surface area contributed by atoms with Crippen molar-refractivity contribution in [3.8, 4) is 28.7 Å². The molecule has 0 spiro atoms. The molecule has 0 fully saturated rings. The molecule has 0 saturated carbocycles. The summed E-state index contributed by atoms with van der Waals surface area (Å²) in [6, 6.07) is 40.7. The molecule has 5 nitrogen and oxygen atoms in total. The fourth-order valence-electron chi connectivity index (χ4n) is 4.34. The molecule has 5 rings (SSSR count). The molecule has 0 aliphatic carbocycles. The zero-order chi connectivity index (χ0) is 34.4. The molecular weight excluding hydrogens is 709 g/mol. The number of methoxy groups -OCH3 is 5. The lowest BCUT2D eigenvalue weighted by Crippen LogP contribution is -1.88. The first kappa shape index (κ1) is 36.6. The largest absolute Gasteiger partial charge is 0.497 e. The molecule has 0 N–H and O–H groups in total. The van der Waals surface area contributed by atoms with Crippen molar-refractivity contribution < 1.29 is 23.7 Å². The third kappa shape index (κ3) is 11.2. The summed E-state index contributed by atoms with van der Waals surface area (Å²) < 4.78 is 30.1. The Labute approximate surface area is 310 Å². The summed E-state index contributed by atoms with van der Waals surface area (Å²) in [5, 5.41) is 0. The fraction of sp³-hybridized carbons (Fsp3) is 0.128. The smallest absolute Gasteiger partial charge is 0.119 e. The molecule has 0 heterocycles. The van der Waals surface area contributed by atoms with E-state index in [1.807, 2.05) is 60.7 Å². The molecule has 0 unspecified atom stereocenters. The lowest BCUT2D eigenvalue weighted by Gasteiger charge is -2.16. The highest BCUT2D eigenvalue weighted by atomic mass is 32.2. The van der Waals surface area contributed by atoms with Crippen LogP contribution < -0.4 is 23.7 Å². The van der Waals surface area contributed by atoms with Gasteiger partial charge in [-0.2, -0.15) is 0 Å². The highest BCUT2D eigenvalue weighted by Gasteiger charge is 2.16. The summed E-state index contributed by atoms with van der Waals surface area (Å²) in [6.45, 7) is 0. The van der Waals surface area contributed by atoms with Crippen LogP contribution in [0.5, 0.6) is 28.7 Å². The van der Waals surface area contributed by atoms with Gasteiger partial charge in [-0.05, 0) is 97.1 Å². The second-order valence-electron chi connectivity index (χ2n) is 10.0. The molecule has 0 atom stereocenters. The summed E-state index contributed by atoms with van der Waals surface area (Å²) in [5.41, 5.74) is 0. The highest BCUT2D eigenvalue weighted by molar-refractivity contribution is 8.23. The number of rotatable bonds is 16. The van der Waals surface area contributed by atoms with E-state index in [-0.39, 0.29) is 0 Å². The van der Waals surface area contributed by atoms with E-state index in [4.69, 9.17) is 23.7 Å². The first-order valence-electron chi connectivity index (χ1n) is 15.0. The van der Waals surface area contributed by atoms with Gasteiger partial charge in [-0.3, -0.25) is 0 Å². The quantitative estimate of drug-likeness (QED) is 0.0721. The molecule has 0 bridgehead atoms. The minimum absolute atomic E-state index is 0.799. The molecule has 0 aliphatic rings. The van der Waals surface area contributed by atoms with Gasteiger partial charge in [0.1, 0.15) is 28.7 Å². The molecule has 252 valence electrons.